The van der Waals surface area contributed by atoms with Gasteiger partial charge in [-0.1, -0.05) is 0 Å². The van der Waals surface area contributed by atoms with Gasteiger partial charge in [-0.3, -0.25) is 0 Å². The summed E-state index contributed by atoms with van der Waals surface area (Å²) in [5, 5.41) is 0. The van der Waals surface area contributed by atoms with Gasteiger partial charge in [0.15, 0.2) is 0 Å². The smallest absolute Gasteiger partial charge is 0.850 e. The summed E-state index contributed by atoms with van der Waals surface area (Å²) in [6.45, 7) is 0. The average molecular weight is 186 g/mol. The van der Waals surface area contributed by atoms with Crippen LogP contribution in [0.25, 0.3) is 0 Å². The maximum Gasteiger partial charge on any atom is 3.00 e. The first-order chi connectivity index (χ1) is 2.00. The van der Waals surface area contributed by atoms with E-state index in [1.54, 1.807) is 0 Å². The molecule has 0 N–H and O–H groups in total. The van der Waals surface area contributed by atoms with Crippen molar-refractivity contribution in [2.45, 2.75) is 0 Å². The Balaban J connectivity index is 0. The van der Waals surface area contributed by atoms with Gasteiger partial charge in [-0.25, -0.2) is 0 Å². The van der Waals surface area contributed by atoms with E-state index in [1.165, 1.54) is 0 Å². The van der Waals surface area contributed by atoms with E-state index in [1.807, 2.05) is 0 Å². The molecule has 0 atom stereocenters. The minimum atomic E-state index is -3.72. The van der Waals surface area contributed by atoms with Crippen molar-refractivity contribution in [3.05, 3.63) is 0 Å². The van der Waals surface area contributed by atoms with Gasteiger partial charge in [-0.05, 0) is 0 Å². The second-order valence-electron chi connectivity index (χ2n) is 0.447. The molecule has 0 aliphatic heterocycles. The Labute approximate surface area is 56.2 Å². The number of rotatable bonds is 0. The molecule has 2 nitrogen and oxygen atoms in total. The first-order valence-corrected chi connectivity index (χ1v) is 4.38. The van der Waals surface area contributed by atoms with Crippen molar-refractivity contribution < 1.29 is 26.3 Å². The van der Waals surface area contributed by atoms with E-state index in [4.69, 9.17) is 0 Å². The van der Waals surface area contributed by atoms with Gasteiger partial charge < -0.3 is 27.7 Å². The molecular formula is NiO2PS2. The summed E-state index contributed by atoms with van der Waals surface area (Å²) in [7, 11) is 0. The molecule has 0 bridgehead atoms. The molecule has 0 unspecified atom stereocenters. The van der Waals surface area contributed by atoms with Crippen LogP contribution < -0.4 is 9.79 Å². The van der Waals surface area contributed by atoms with Crippen molar-refractivity contribution in [1.82, 2.24) is 0 Å². The molecular weight excluding hydrogens is 186 g/mol. The number of hydrogen-bond donors (Lipinski definition) is 0. The number of hydrogen-bond acceptors (Lipinski definition) is 4. The van der Waals surface area contributed by atoms with Crippen molar-refractivity contribution in [2.75, 3.05) is 0 Å². The first-order valence-electron chi connectivity index (χ1n) is 0.730. The standard InChI is InChI=1S/Ni.H3O2PS2/c;1-3(2,4)5/h;(H3,1,2,4,5)/q+3;/p-3. The molecule has 0 heterocycles. The fourth-order valence-electron chi connectivity index (χ4n) is 0. The summed E-state index contributed by atoms with van der Waals surface area (Å²) >= 11 is 7.28. The summed E-state index contributed by atoms with van der Waals surface area (Å²) in [5.41, 5.74) is -3.72. The summed E-state index contributed by atoms with van der Waals surface area (Å²) in [4.78, 5) is 18.6. The van der Waals surface area contributed by atoms with Crippen LogP contribution in [0.4, 0.5) is 0 Å². The van der Waals surface area contributed by atoms with E-state index in [0.717, 1.165) is 0 Å². The van der Waals surface area contributed by atoms with Gasteiger partial charge in [0, 0.05) is 0 Å². The van der Waals surface area contributed by atoms with Crippen molar-refractivity contribution in [2.24, 2.45) is 0 Å². The predicted octanol–water partition coefficient (Wildman–Crippen LogP) is -1.52. The van der Waals surface area contributed by atoms with Crippen LogP contribution in [0, 0.1) is 0 Å². The monoisotopic (exact) mass is 185 g/mol. The second kappa shape index (κ2) is 3.42. The van der Waals surface area contributed by atoms with Gasteiger partial charge in [0.05, 0.1) is 0 Å². The molecule has 0 aromatic rings. The van der Waals surface area contributed by atoms with Crippen molar-refractivity contribution >= 4 is 29.7 Å². The molecule has 6 heteroatoms. The molecule has 0 amide bonds. The quantitative estimate of drug-likeness (QED) is 0.261. The van der Waals surface area contributed by atoms with Gasteiger partial charge in [0.1, 0.15) is 0 Å². The zero-order valence-electron chi connectivity index (χ0n) is 2.40. The Hall–Kier alpha value is 1.41. The minimum Gasteiger partial charge on any atom is -0.850 e. The Kier molecular flexibility index (Phi) is 5.93. The van der Waals surface area contributed by atoms with Crippen molar-refractivity contribution in [1.29, 1.82) is 0 Å². The molecule has 39 valence electrons. The van der Waals surface area contributed by atoms with Gasteiger partial charge >= 0.3 is 16.5 Å². The topological polar surface area (TPSA) is 46.1 Å². The third-order valence-electron chi connectivity index (χ3n) is 0. The molecule has 0 aromatic heterocycles. The van der Waals surface area contributed by atoms with E-state index >= 15 is 0 Å². The average Bonchev–Trinajstić information content (AvgIpc) is 0.722. The molecule has 0 aromatic carbocycles. The Bertz CT molecular complexity index is 57.7. The van der Waals surface area contributed by atoms with Crippen LogP contribution in [0.5, 0.6) is 0 Å². The maximum atomic E-state index is 9.29. The molecule has 1 radical (unpaired) electrons. The maximum absolute atomic E-state index is 9.29. The van der Waals surface area contributed by atoms with Crippen molar-refractivity contribution in [3.63, 3.8) is 0 Å². The molecule has 0 fully saturated rings. The molecule has 0 aliphatic carbocycles. The van der Waals surface area contributed by atoms with Gasteiger partial charge in [0.2, 0.25) is 0 Å². The van der Waals surface area contributed by atoms with Crippen LogP contribution in [0.1, 0.15) is 0 Å². The Morgan fingerprint density at radius 1 is 1.50 bits per heavy atom. The van der Waals surface area contributed by atoms with E-state index in [2.05, 4.69) is 24.1 Å². The fraction of sp³-hybridized carbons (Fsp3) is 0. The largest absolute Gasteiger partial charge is 3.00 e. The summed E-state index contributed by atoms with van der Waals surface area (Å²) in [5.74, 6) is 0. The molecule has 0 rings (SSSR count). The third kappa shape index (κ3) is 52.8. The van der Waals surface area contributed by atoms with Gasteiger partial charge in [0.25, 0.3) is 0 Å². The summed E-state index contributed by atoms with van der Waals surface area (Å²) in [6.07, 6.45) is 0. The zero-order chi connectivity index (χ0) is 4.50. The summed E-state index contributed by atoms with van der Waals surface area (Å²) < 4.78 is 0. The predicted molar refractivity (Wildman–Crippen MR) is 21.6 cm³/mol. The Morgan fingerprint density at radius 3 is 1.50 bits per heavy atom. The Morgan fingerprint density at radius 2 is 1.50 bits per heavy atom. The van der Waals surface area contributed by atoms with E-state index < -0.39 is 5.69 Å². The van der Waals surface area contributed by atoms with Crippen LogP contribution in [-0.2, 0) is 40.5 Å². The van der Waals surface area contributed by atoms with E-state index in [0.29, 0.717) is 0 Å². The van der Waals surface area contributed by atoms with Crippen LogP contribution in [0.15, 0.2) is 0 Å². The van der Waals surface area contributed by atoms with Crippen LogP contribution in [-0.4, -0.2) is 0 Å². The third-order valence-corrected chi connectivity index (χ3v) is 0. The van der Waals surface area contributed by atoms with Gasteiger partial charge in [-0.15, -0.1) is 0 Å². The SMILES string of the molecule is [Ni+3].[O-]P([O-])(=S)[S-]. The molecule has 0 aliphatic rings. The summed E-state index contributed by atoms with van der Waals surface area (Å²) in [6, 6.07) is 0. The second-order valence-corrected chi connectivity index (χ2v) is 4.92. The van der Waals surface area contributed by atoms with Crippen LogP contribution in [0.3, 0.4) is 0 Å². The van der Waals surface area contributed by atoms with E-state index in [-0.39, 0.29) is 16.5 Å². The van der Waals surface area contributed by atoms with E-state index in [9.17, 15) is 9.79 Å². The van der Waals surface area contributed by atoms with Gasteiger partial charge in [-0.2, -0.15) is 11.8 Å². The molecule has 0 saturated carbocycles. The zero-order valence-corrected chi connectivity index (χ0v) is 5.91. The van der Waals surface area contributed by atoms with Crippen molar-refractivity contribution in [3.8, 4) is 0 Å². The van der Waals surface area contributed by atoms with Crippen LogP contribution in [0.2, 0.25) is 0 Å². The molecule has 6 heavy (non-hydrogen) atoms. The first kappa shape index (κ1) is 10.4. The fourth-order valence-corrected chi connectivity index (χ4v) is 0. The van der Waals surface area contributed by atoms with Crippen LogP contribution >= 0.6 is 5.69 Å². The normalized spacial score (nSPS) is 9.83. The molecule has 0 saturated heterocycles. The minimum absolute atomic E-state index is 0. The molecule has 0 spiro atoms.